The fourth-order valence-electron chi connectivity index (χ4n) is 2.91. The van der Waals surface area contributed by atoms with Crippen LogP contribution in [0.2, 0.25) is 0 Å². The molecule has 0 bridgehead atoms. The summed E-state index contributed by atoms with van der Waals surface area (Å²) in [4.78, 5) is 2.66. The van der Waals surface area contributed by atoms with Crippen LogP contribution in [0, 0.1) is 0 Å². The highest BCUT2D eigenvalue weighted by Gasteiger charge is 2.23. The first kappa shape index (κ1) is 16.0. The summed E-state index contributed by atoms with van der Waals surface area (Å²) < 4.78 is 0. The van der Waals surface area contributed by atoms with Gasteiger partial charge in [-0.3, -0.25) is 0 Å². The topological polar surface area (TPSA) is 15.3 Å². The first-order valence-electron chi connectivity index (χ1n) is 8.11. The van der Waals surface area contributed by atoms with Gasteiger partial charge in [-0.05, 0) is 46.3 Å². The third-order valence-electron chi connectivity index (χ3n) is 3.95. The van der Waals surface area contributed by atoms with E-state index in [1.807, 2.05) is 0 Å². The molecule has 1 rings (SSSR count). The van der Waals surface area contributed by atoms with Crippen LogP contribution in [0.15, 0.2) is 0 Å². The molecule has 1 aliphatic rings. The Morgan fingerprint density at radius 2 is 1.67 bits per heavy atom. The summed E-state index contributed by atoms with van der Waals surface area (Å²) >= 11 is 0. The summed E-state index contributed by atoms with van der Waals surface area (Å²) in [5.74, 6) is 0. The average Bonchev–Trinajstić information content (AvgIpc) is 2.49. The molecule has 0 aromatic heterocycles. The maximum Gasteiger partial charge on any atom is 0.0252 e. The number of nitrogens with zero attached hydrogens (tertiary/aromatic N) is 1. The zero-order valence-corrected chi connectivity index (χ0v) is 12.9. The zero-order valence-electron chi connectivity index (χ0n) is 12.9. The first-order valence-corrected chi connectivity index (χ1v) is 8.11. The van der Waals surface area contributed by atoms with Gasteiger partial charge in [0, 0.05) is 12.1 Å². The van der Waals surface area contributed by atoms with Crippen LogP contribution >= 0.6 is 0 Å². The molecule has 0 atom stereocenters. The second-order valence-corrected chi connectivity index (χ2v) is 6.56. The minimum atomic E-state index is 0.303. The monoisotopic (exact) mass is 254 g/mol. The average molecular weight is 254 g/mol. The van der Waals surface area contributed by atoms with Crippen molar-refractivity contribution in [3.63, 3.8) is 0 Å². The van der Waals surface area contributed by atoms with Crippen LogP contribution < -0.4 is 5.32 Å². The number of hydrogen-bond donors (Lipinski definition) is 1. The summed E-state index contributed by atoms with van der Waals surface area (Å²) in [6.45, 7) is 11.9. The van der Waals surface area contributed by atoms with Crippen LogP contribution in [0.25, 0.3) is 0 Å². The summed E-state index contributed by atoms with van der Waals surface area (Å²) in [6, 6.07) is 0. The molecule has 1 fully saturated rings. The highest BCUT2D eigenvalue weighted by atomic mass is 15.2. The fraction of sp³-hybridized carbons (Fsp3) is 1.00. The van der Waals surface area contributed by atoms with Crippen molar-refractivity contribution < 1.29 is 0 Å². The second-order valence-electron chi connectivity index (χ2n) is 6.56. The highest BCUT2D eigenvalue weighted by molar-refractivity contribution is 4.84. The van der Waals surface area contributed by atoms with Crippen LogP contribution in [0.1, 0.15) is 72.1 Å². The lowest BCUT2D eigenvalue weighted by Gasteiger charge is -2.30. The van der Waals surface area contributed by atoms with E-state index in [2.05, 4.69) is 31.0 Å². The van der Waals surface area contributed by atoms with Crippen molar-refractivity contribution in [3.05, 3.63) is 0 Å². The van der Waals surface area contributed by atoms with Gasteiger partial charge in [0.15, 0.2) is 0 Å². The van der Waals surface area contributed by atoms with E-state index in [1.54, 1.807) is 0 Å². The number of rotatable bonds is 8. The Kier molecular flexibility index (Phi) is 7.92. The molecule has 108 valence electrons. The molecule has 1 heterocycles. The standard InChI is InChI=1S/C16H34N2/c1-4-5-6-7-8-9-10-13-18-14-11-12-17-16(2,3)15-18/h17H,4-15H2,1-3H3. The van der Waals surface area contributed by atoms with E-state index < -0.39 is 0 Å². The Balaban J connectivity index is 2.03. The summed E-state index contributed by atoms with van der Waals surface area (Å²) in [5, 5.41) is 3.63. The van der Waals surface area contributed by atoms with Gasteiger partial charge in [-0.25, -0.2) is 0 Å². The third kappa shape index (κ3) is 7.38. The molecule has 0 spiro atoms. The molecule has 2 heteroatoms. The van der Waals surface area contributed by atoms with E-state index >= 15 is 0 Å². The summed E-state index contributed by atoms with van der Waals surface area (Å²) in [6.07, 6.45) is 11.2. The molecule has 0 saturated carbocycles. The van der Waals surface area contributed by atoms with E-state index in [-0.39, 0.29) is 0 Å². The number of nitrogens with one attached hydrogen (secondary N) is 1. The van der Waals surface area contributed by atoms with Crippen molar-refractivity contribution >= 4 is 0 Å². The van der Waals surface area contributed by atoms with Crippen LogP contribution in [0.3, 0.4) is 0 Å². The van der Waals surface area contributed by atoms with E-state index in [4.69, 9.17) is 0 Å². The Labute approximate surface area is 115 Å². The Bertz CT molecular complexity index is 201. The zero-order chi connectivity index (χ0) is 13.3. The van der Waals surface area contributed by atoms with Gasteiger partial charge in [-0.15, -0.1) is 0 Å². The molecule has 18 heavy (non-hydrogen) atoms. The van der Waals surface area contributed by atoms with Gasteiger partial charge in [-0.1, -0.05) is 45.4 Å². The van der Waals surface area contributed by atoms with Crippen molar-refractivity contribution in [1.82, 2.24) is 10.2 Å². The molecule has 2 nitrogen and oxygen atoms in total. The molecule has 0 radical (unpaired) electrons. The Morgan fingerprint density at radius 3 is 2.39 bits per heavy atom. The van der Waals surface area contributed by atoms with Crippen LogP contribution in [0.5, 0.6) is 0 Å². The lowest BCUT2D eigenvalue weighted by molar-refractivity contribution is 0.226. The predicted molar refractivity (Wildman–Crippen MR) is 81.1 cm³/mol. The van der Waals surface area contributed by atoms with Gasteiger partial charge >= 0.3 is 0 Å². The predicted octanol–water partition coefficient (Wildman–Crippen LogP) is 3.81. The lowest BCUT2D eigenvalue weighted by atomic mass is 10.1. The van der Waals surface area contributed by atoms with Crippen LogP contribution in [0.4, 0.5) is 0 Å². The van der Waals surface area contributed by atoms with E-state index in [9.17, 15) is 0 Å². The Morgan fingerprint density at radius 1 is 1.00 bits per heavy atom. The normalized spacial score (nSPS) is 20.8. The second kappa shape index (κ2) is 8.92. The van der Waals surface area contributed by atoms with Crippen LogP contribution in [-0.4, -0.2) is 36.6 Å². The third-order valence-corrected chi connectivity index (χ3v) is 3.95. The summed E-state index contributed by atoms with van der Waals surface area (Å²) in [5.41, 5.74) is 0.303. The summed E-state index contributed by atoms with van der Waals surface area (Å²) in [7, 11) is 0. The van der Waals surface area contributed by atoms with Gasteiger partial charge in [0.25, 0.3) is 0 Å². The lowest BCUT2D eigenvalue weighted by Crippen LogP contribution is -2.46. The SMILES string of the molecule is CCCCCCCCCN1CCCNC(C)(C)C1. The molecular weight excluding hydrogens is 220 g/mol. The minimum absolute atomic E-state index is 0.303. The molecular formula is C16H34N2. The van der Waals surface area contributed by atoms with Crippen molar-refractivity contribution in [2.75, 3.05) is 26.2 Å². The van der Waals surface area contributed by atoms with Crippen molar-refractivity contribution in [2.24, 2.45) is 0 Å². The van der Waals surface area contributed by atoms with Crippen molar-refractivity contribution in [3.8, 4) is 0 Å². The van der Waals surface area contributed by atoms with Crippen molar-refractivity contribution in [2.45, 2.75) is 77.7 Å². The molecule has 0 aromatic rings. The van der Waals surface area contributed by atoms with Crippen LogP contribution in [-0.2, 0) is 0 Å². The number of hydrogen-bond acceptors (Lipinski definition) is 2. The molecule has 1 aliphatic heterocycles. The molecule has 0 aromatic carbocycles. The largest absolute Gasteiger partial charge is 0.310 e. The molecule has 0 unspecified atom stereocenters. The molecule has 0 amide bonds. The smallest absolute Gasteiger partial charge is 0.0252 e. The number of unbranched alkanes of at least 4 members (excludes halogenated alkanes) is 6. The fourth-order valence-corrected chi connectivity index (χ4v) is 2.91. The minimum Gasteiger partial charge on any atom is -0.310 e. The quantitative estimate of drug-likeness (QED) is 0.663. The van der Waals surface area contributed by atoms with Crippen molar-refractivity contribution in [1.29, 1.82) is 0 Å². The maximum atomic E-state index is 3.63. The highest BCUT2D eigenvalue weighted by Crippen LogP contribution is 2.12. The van der Waals surface area contributed by atoms with Gasteiger partial charge in [0.05, 0.1) is 0 Å². The Hall–Kier alpha value is -0.0800. The van der Waals surface area contributed by atoms with Gasteiger partial charge < -0.3 is 10.2 Å². The van der Waals surface area contributed by atoms with E-state index in [0.29, 0.717) is 5.54 Å². The molecule has 1 N–H and O–H groups in total. The van der Waals surface area contributed by atoms with Gasteiger partial charge in [0.1, 0.15) is 0 Å². The maximum absolute atomic E-state index is 3.63. The van der Waals surface area contributed by atoms with E-state index in [0.717, 1.165) is 0 Å². The van der Waals surface area contributed by atoms with Gasteiger partial charge in [0.2, 0.25) is 0 Å². The first-order chi connectivity index (χ1) is 8.64. The molecule has 1 saturated heterocycles. The van der Waals surface area contributed by atoms with E-state index in [1.165, 1.54) is 77.5 Å². The molecule has 0 aliphatic carbocycles. The van der Waals surface area contributed by atoms with Gasteiger partial charge in [-0.2, -0.15) is 0 Å².